The van der Waals surface area contributed by atoms with Crippen LogP contribution in [0.4, 0.5) is 5.69 Å². The Balaban J connectivity index is 2.20. The standard InChI is InChI=1S/C13H12BNO4/c1-10-7-8-12(9-13(10)15(17)18)19-14(16)11-5-3-2-4-6-11/h2-9,16H,1H3. The van der Waals surface area contributed by atoms with Crippen molar-refractivity contribution in [2.75, 3.05) is 0 Å². The summed E-state index contributed by atoms with van der Waals surface area (Å²) < 4.78 is 5.30. The Labute approximate surface area is 110 Å². The quantitative estimate of drug-likeness (QED) is 0.513. The van der Waals surface area contributed by atoms with E-state index in [1.165, 1.54) is 6.07 Å². The van der Waals surface area contributed by atoms with Gasteiger partial charge in [0.2, 0.25) is 0 Å². The molecule has 0 radical (unpaired) electrons. The molecule has 96 valence electrons. The van der Waals surface area contributed by atoms with Crippen molar-refractivity contribution < 1.29 is 14.6 Å². The first-order valence-electron chi connectivity index (χ1n) is 5.72. The molecule has 1 N–H and O–H groups in total. The summed E-state index contributed by atoms with van der Waals surface area (Å²) in [5.41, 5.74) is 1.11. The van der Waals surface area contributed by atoms with E-state index in [0.717, 1.165) is 0 Å². The molecule has 0 bridgehead atoms. The second-order valence-corrected chi connectivity index (χ2v) is 4.09. The summed E-state index contributed by atoms with van der Waals surface area (Å²) in [7, 11) is -1.15. The van der Waals surface area contributed by atoms with Gasteiger partial charge in [0.05, 0.1) is 11.0 Å². The van der Waals surface area contributed by atoms with Crippen molar-refractivity contribution in [2.24, 2.45) is 0 Å². The fourth-order valence-electron chi connectivity index (χ4n) is 1.67. The monoisotopic (exact) mass is 257 g/mol. The van der Waals surface area contributed by atoms with E-state index in [4.69, 9.17) is 4.65 Å². The number of hydrogen-bond acceptors (Lipinski definition) is 4. The summed E-state index contributed by atoms with van der Waals surface area (Å²) in [5, 5.41) is 20.7. The van der Waals surface area contributed by atoms with Gasteiger partial charge in [-0.25, -0.2) is 0 Å². The van der Waals surface area contributed by atoms with E-state index in [0.29, 0.717) is 11.0 Å². The second-order valence-electron chi connectivity index (χ2n) is 4.09. The lowest BCUT2D eigenvalue weighted by molar-refractivity contribution is -0.385. The number of nitrogens with zero attached hydrogens (tertiary/aromatic N) is 1. The summed E-state index contributed by atoms with van der Waals surface area (Å²) in [6.07, 6.45) is 0. The molecule has 0 fully saturated rings. The fraction of sp³-hybridized carbons (Fsp3) is 0.0769. The third-order valence-corrected chi connectivity index (χ3v) is 2.71. The van der Waals surface area contributed by atoms with Crippen molar-refractivity contribution in [3.8, 4) is 5.75 Å². The lowest BCUT2D eigenvalue weighted by Gasteiger charge is -2.10. The van der Waals surface area contributed by atoms with Gasteiger partial charge in [-0.15, -0.1) is 0 Å². The molecule has 0 aliphatic rings. The van der Waals surface area contributed by atoms with Gasteiger partial charge in [0, 0.05) is 5.56 Å². The van der Waals surface area contributed by atoms with Gasteiger partial charge in [-0.3, -0.25) is 10.1 Å². The largest absolute Gasteiger partial charge is 0.560 e. The number of nitro benzene ring substituents is 1. The molecule has 0 unspecified atom stereocenters. The van der Waals surface area contributed by atoms with Crippen molar-refractivity contribution in [3.05, 3.63) is 64.2 Å². The van der Waals surface area contributed by atoms with Gasteiger partial charge in [0.25, 0.3) is 5.69 Å². The Morgan fingerprint density at radius 1 is 1.21 bits per heavy atom. The third kappa shape index (κ3) is 3.11. The Bertz CT molecular complexity index is 588. The van der Waals surface area contributed by atoms with Gasteiger partial charge < -0.3 is 9.68 Å². The van der Waals surface area contributed by atoms with Crippen molar-refractivity contribution in [1.29, 1.82) is 0 Å². The number of rotatable bonds is 4. The van der Waals surface area contributed by atoms with E-state index in [2.05, 4.69) is 0 Å². The molecular weight excluding hydrogens is 245 g/mol. The van der Waals surface area contributed by atoms with Crippen molar-refractivity contribution in [3.63, 3.8) is 0 Å². The molecule has 0 amide bonds. The highest BCUT2D eigenvalue weighted by atomic mass is 16.6. The number of nitro groups is 1. The average molecular weight is 257 g/mol. The van der Waals surface area contributed by atoms with E-state index in [-0.39, 0.29) is 11.4 Å². The van der Waals surface area contributed by atoms with Gasteiger partial charge in [-0.1, -0.05) is 30.3 Å². The van der Waals surface area contributed by atoms with Crippen LogP contribution in [0.3, 0.4) is 0 Å². The van der Waals surface area contributed by atoms with Gasteiger partial charge in [0.15, 0.2) is 0 Å². The molecule has 0 spiro atoms. The maximum absolute atomic E-state index is 10.8. The maximum atomic E-state index is 10.8. The summed E-state index contributed by atoms with van der Waals surface area (Å²) in [4.78, 5) is 10.3. The van der Waals surface area contributed by atoms with Crippen molar-refractivity contribution in [1.82, 2.24) is 0 Å². The van der Waals surface area contributed by atoms with Crippen LogP contribution in [0.2, 0.25) is 0 Å². The second kappa shape index (κ2) is 5.54. The van der Waals surface area contributed by atoms with Crippen LogP contribution in [0, 0.1) is 17.0 Å². The number of aryl methyl sites for hydroxylation is 1. The molecule has 5 nitrogen and oxygen atoms in total. The molecule has 2 aromatic rings. The summed E-state index contributed by atoms with van der Waals surface area (Å²) in [5.74, 6) is 0.258. The molecule has 19 heavy (non-hydrogen) atoms. The molecule has 0 atom stereocenters. The van der Waals surface area contributed by atoms with Crippen LogP contribution >= 0.6 is 0 Å². The SMILES string of the molecule is Cc1ccc(OB(O)c2ccccc2)cc1[N+](=O)[O-]. The summed E-state index contributed by atoms with van der Waals surface area (Å²) >= 11 is 0. The first-order chi connectivity index (χ1) is 9.08. The zero-order valence-corrected chi connectivity index (χ0v) is 10.3. The smallest absolute Gasteiger partial charge is 0.532 e. The summed E-state index contributed by atoms with van der Waals surface area (Å²) in [6.45, 7) is 1.65. The molecule has 0 heterocycles. The topological polar surface area (TPSA) is 72.6 Å². The Morgan fingerprint density at radius 3 is 2.53 bits per heavy atom. The van der Waals surface area contributed by atoms with Crippen LogP contribution in [0.5, 0.6) is 5.75 Å². The first-order valence-corrected chi connectivity index (χ1v) is 5.72. The number of hydrogen-bond donors (Lipinski definition) is 1. The molecule has 0 aliphatic carbocycles. The lowest BCUT2D eigenvalue weighted by atomic mass is 9.79. The average Bonchev–Trinajstić information content (AvgIpc) is 2.41. The van der Waals surface area contributed by atoms with Crippen molar-refractivity contribution >= 4 is 18.3 Å². The molecule has 6 heteroatoms. The van der Waals surface area contributed by atoms with Crippen LogP contribution in [0.1, 0.15) is 5.56 Å². The van der Waals surface area contributed by atoms with E-state index < -0.39 is 12.0 Å². The highest BCUT2D eigenvalue weighted by molar-refractivity contribution is 6.60. The minimum absolute atomic E-state index is 0.0299. The normalized spacial score (nSPS) is 10.0. The lowest BCUT2D eigenvalue weighted by Crippen LogP contribution is -2.36. The van der Waals surface area contributed by atoms with E-state index in [1.807, 2.05) is 6.07 Å². The fourth-order valence-corrected chi connectivity index (χ4v) is 1.67. The van der Waals surface area contributed by atoms with E-state index in [9.17, 15) is 15.1 Å². The number of benzene rings is 2. The van der Waals surface area contributed by atoms with Gasteiger partial charge >= 0.3 is 7.12 Å². The molecular formula is C13H12BNO4. The Morgan fingerprint density at radius 2 is 1.89 bits per heavy atom. The molecule has 0 saturated carbocycles. The van der Waals surface area contributed by atoms with Crippen LogP contribution in [-0.2, 0) is 0 Å². The van der Waals surface area contributed by atoms with Gasteiger partial charge in [0.1, 0.15) is 5.75 Å². The minimum Gasteiger partial charge on any atom is -0.532 e. The van der Waals surface area contributed by atoms with E-state index >= 15 is 0 Å². The highest BCUT2D eigenvalue weighted by Gasteiger charge is 2.20. The predicted molar refractivity (Wildman–Crippen MR) is 72.5 cm³/mol. The van der Waals surface area contributed by atoms with Crippen molar-refractivity contribution in [2.45, 2.75) is 6.92 Å². The maximum Gasteiger partial charge on any atom is 0.560 e. The molecule has 0 saturated heterocycles. The zero-order valence-electron chi connectivity index (χ0n) is 10.3. The molecule has 0 aliphatic heterocycles. The first kappa shape index (κ1) is 13.1. The van der Waals surface area contributed by atoms with Crippen LogP contribution in [0.15, 0.2) is 48.5 Å². The zero-order chi connectivity index (χ0) is 13.8. The Kier molecular flexibility index (Phi) is 3.82. The molecule has 2 aromatic carbocycles. The van der Waals surface area contributed by atoms with Gasteiger partial charge in [-0.05, 0) is 24.5 Å². The van der Waals surface area contributed by atoms with Crippen LogP contribution < -0.4 is 10.1 Å². The van der Waals surface area contributed by atoms with Crippen LogP contribution in [0.25, 0.3) is 0 Å². The van der Waals surface area contributed by atoms with Gasteiger partial charge in [-0.2, -0.15) is 0 Å². The highest BCUT2D eigenvalue weighted by Crippen LogP contribution is 2.23. The molecule has 2 rings (SSSR count). The Hall–Kier alpha value is -2.34. The van der Waals surface area contributed by atoms with Crippen LogP contribution in [-0.4, -0.2) is 17.1 Å². The predicted octanol–water partition coefficient (Wildman–Crippen LogP) is 1.67. The van der Waals surface area contributed by atoms with E-state index in [1.54, 1.807) is 43.3 Å². The molecule has 0 aromatic heterocycles. The summed E-state index contributed by atoms with van der Waals surface area (Å²) in [6, 6.07) is 13.3. The third-order valence-electron chi connectivity index (χ3n) is 2.71. The minimum atomic E-state index is -1.15.